The Morgan fingerprint density at radius 1 is 1.13 bits per heavy atom. The number of hydrogen-bond donors (Lipinski definition) is 1. The molecule has 0 spiro atoms. The van der Waals surface area contributed by atoms with E-state index in [2.05, 4.69) is 5.10 Å². The van der Waals surface area contributed by atoms with Crippen LogP contribution in [0.5, 0.6) is 0 Å². The number of hydrogen-bond acceptors (Lipinski definition) is 4. The van der Waals surface area contributed by atoms with E-state index in [4.69, 9.17) is 10.2 Å². The Morgan fingerprint density at radius 2 is 1.78 bits per heavy atom. The fraction of sp³-hybridized carbons (Fsp3) is 0.0625. The highest BCUT2D eigenvalue weighted by Crippen LogP contribution is 2.16. The molecule has 0 bridgehead atoms. The van der Waals surface area contributed by atoms with Gasteiger partial charge in [-0.3, -0.25) is 4.79 Å². The monoisotopic (exact) mass is 313 g/mol. The van der Waals surface area contributed by atoms with E-state index in [9.17, 15) is 14.0 Å². The molecule has 2 aromatic carbocycles. The van der Waals surface area contributed by atoms with Gasteiger partial charge in [0.2, 0.25) is 11.8 Å². The van der Waals surface area contributed by atoms with Crippen molar-refractivity contribution in [1.29, 1.82) is 0 Å². The summed E-state index contributed by atoms with van der Waals surface area (Å²) in [5, 5.41) is 4.09. The van der Waals surface area contributed by atoms with Crippen LogP contribution in [-0.4, -0.2) is 15.7 Å². The smallest absolute Gasteiger partial charge is 0.388 e. The molecule has 0 unspecified atom stereocenters. The second-order valence-electron chi connectivity index (χ2n) is 4.90. The number of aromatic nitrogens is 2. The van der Waals surface area contributed by atoms with Gasteiger partial charge in [-0.15, -0.1) is 5.10 Å². The Balaban J connectivity index is 1.85. The van der Waals surface area contributed by atoms with Gasteiger partial charge in [0.1, 0.15) is 5.82 Å². The minimum absolute atomic E-state index is 0.115. The minimum Gasteiger partial charge on any atom is -0.388 e. The summed E-state index contributed by atoms with van der Waals surface area (Å²) >= 11 is 0. The number of nitrogens with two attached hydrogens (primary N) is 1. The lowest BCUT2D eigenvalue weighted by atomic mass is 10.1. The van der Waals surface area contributed by atoms with Crippen molar-refractivity contribution in [2.24, 2.45) is 5.73 Å². The molecular formula is C16H12FN3O3. The van der Waals surface area contributed by atoms with Crippen LogP contribution in [0.25, 0.3) is 11.5 Å². The van der Waals surface area contributed by atoms with E-state index in [0.717, 1.165) is 10.2 Å². The van der Waals surface area contributed by atoms with Crippen molar-refractivity contribution in [3.05, 3.63) is 76.0 Å². The molecule has 1 heterocycles. The highest BCUT2D eigenvalue weighted by molar-refractivity contribution is 5.92. The highest BCUT2D eigenvalue weighted by Gasteiger charge is 2.11. The average Bonchev–Trinajstić information content (AvgIpc) is 2.89. The Bertz CT molecular complexity index is 896. The van der Waals surface area contributed by atoms with E-state index in [1.807, 2.05) is 0 Å². The van der Waals surface area contributed by atoms with Gasteiger partial charge in [-0.05, 0) is 42.0 Å². The van der Waals surface area contributed by atoms with Crippen molar-refractivity contribution in [1.82, 2.24) is 9.78 Å². The number of benzene rings is 2. The van der Waals surface area contributed by atoms with Gasteiger partial charge in [0.05, 0.1) is 6.54 Å². The maximum absolute atomic E-state index is 12.9. The largest absolute Gasteiger partial charge is 0.437 e. The lowest BCUT2D eigenvalue weighted by Gasteiger charge is -2.01. The quantitative estimate of drug-likeness (QED) is 0.795. The lowest BCUT2D eigenvalue weighted by molar-refractivity contribution is 0.100. The Morgan fingerprint density at radius 3 is 2.39 bits per heavy atom. The molecule has 0 aliphatic heterocycles. The van der Waals surface area contributed by atoms with Gasteiger partial charge in [-0.25, -0.2) is 9.18 Å². The van der Waals surface area contributed by atoms with Gasteiger partial charge in [0.25, 0.3) is 0 Å². The topological polar surface area (TPSA) is 91.1 Å². The predicted molar refractivity (Wildman–Crippen MR) is 80.2 cm³/mol. The normalized spacial score (nSPS) is 10.7. The molecule has 0 aliphatic rings. The number of carbonyl (C=O) groups is 1. The van der Waals surface area contributed by atoms with E-state index < -0.39 is 11.7 Å². The fourth-order valence-electron chi connectivity index (χ4n) is 2.06. The Labute approximate surface area is 130 Å². The molecule has 3 rings (SSSR count). The summed E-state index contributed by atoms with van der Waals surface area (Å²) in [5.74, 6) is -1.41. The van der Waals surface area contributed by atoms with Crippen LogP contribution < -0.4 is 11.5 Å². The Hall–Kier alpha value is -3.22. The first-order valence-corrected chi connectivity index (χ1v) is 6.75. The lowest BCUT2D eigenvalue weighted by Crippen LogP contribution is -2.17. The molecule has 23 heavy (non-hydrogen) atoms. The summed E-state index contributed by atoms with van der Waals surface area (Å²) in [7, 11) is 0. The zero-order valence-electron chi connectivity index (χ0n) is 11.9. The second-order valence-corrected chi connectivity index (χ2v) is 4.90. The third kappa shape index (κ3) is 3.18. The van der Waals surface area contributed by atoms with Crippen LogP contribution in [0.1, 0.15) is 15.9 Å². The van der Waals surface area contributed by atoms with Gasteiger partial charge in [0.15, 0.2) is 0 Å². The SMILES string of the molecule is NC(=O)c1ccc(Cn2nc(-c3ccc(F)cc3)oc2=O)cc1. The molecule has 0 atom stereocenters. The van der Waals surface area contributed by atoms with Crippen LogP contribution in [0.3, 0.4) is 0 Å². The number of nitrogens with zero attached hydrogens (tertiary/aromatic N) is 2. The molecule has 1 amide bonds. The standard InChI is InChI=1S/C16H12FN3O3/c17-13-7-5-12(6-8-13)15-19-20(16(22)23-15)9-10-1-3-11(4-2-10)14(18)21/h1-8H,9H2,(H2,18,21). The van der Waals surface area contributed by atoms with Crippen molar-refractivity contribution in [2.75, 3.05) is 0 Å². The van der Waals surface area contributed by atoms with Crippen LogP contribution in [0.2, 0.25) is 0 Å². The molecule has 1 aromatic heterocycles. The van der Waals surface area contributed by atoms with E-state index >= 15 is 0 Å². The van der Waals surface area contributed by atoms with Crippen LogP contribution in [0, 0.1) is 5.82 Å². The number of rotatable bonds is 4. The van der Waals surface area contributed by atoms with Crippen LogP contribution in [-0.2, 0) is 6.54 Å². The third-order valence-corrected chi connectivity index (χ3v) is 3.27. The van der Waals surface area contributed by atoms with Crippen LogP contribution in [0.15, 0.2) is 57.7 Å². The zero-order valence-corrected chi connectivity index (χ0v) is 11.9. The van der Waals surface area contributed by atoms with Gasteiger partial charge in [0, 0.05) is 11.1 Å². The van der Waals surface area contributed by atoms with E-state index in [-0.39, 0.29) is 18.3 Å². The van der Waals surface area contributed by atoms with E-state index in [1.165, 1.54) is 24.3 Å². The summed E-state index contributed by atoms with van der Waals surface area (Å²) in [4.78, 5) is 22.9. The van der Waals surface area contributed by atoms with E-state index in [1.54, 1.807) is 24.3 Å². The van der Waals surface area contributed by atoms with Gasteiger partial charge < -0.3 is 10.2 Å². The summed E-state index contributed by atoms with van der Waals surface area (Å²) in [6.45, 7) is 0.183. The van der Waals surface area contributed by atoms with Crippen LogP contribution >= 0.6 is 0 Å². The fourth-order valence-corrected chi connectivity index (χ4v) is 2.06. The number of halogens is 1. The van der Waals surface area contributed by atoms with Crippen molar-refractivity contribution >= 4 is 5.91 Å². The summed E-state index contributed by atoms with van der Waals surface area (Å²) in [6.07, 6.45) is 0. The zero-order chi connectivity index (χ0) is 16.4. The first-order valence-electron chi connectivity index (χ1n) is 6.75. The molecule has 0 saturated carbocycles. The highest BCUT2D eigenvalue weighted by atomic mass is 19.1. The summed E-state index contributed by atoms with van der Waals surface area (Å²) in [6, 6.07) is 12.0. The van der Waals surface area contributed by atoms with Gasteiger partial charge in [-0.1, -0.05) is 12.1 Å². The number of carbonyl (C=O) groups excluding carboxylic acids is 1. The maximum Gasteiger partial charge on any atom is 0.437 e. The number of amides is 1. The molecule has 2 N–H and O–H groups in total. The van der Waals surface area contributed by atoms with Gasteiger partial charge in [-0.2, -0.15) is 4.68 Å². The predicted octanol–water partition coefficient (Wildman–Crippen LogP) is 1.79. The van der Waals surface area contributed by atoms with E-state index in [0.29, 0.717) is 11.1 Å². The molecule has 0 aliphatic carbocycles. The second kappa shape index (κ2) is 5.88. The Kier molecular flexibility index (Phi) is 3.76. The maximum atomic E-state index is 12.9. The minimum atomic E-state index is -0.622. The average molecular weight is 313 g/mol. The number of primary amides is 1. The van der Waals surface area contributed by atoms with Crippen molar-refractivity contribution in [3.8, 4) is 11.5 Å². The molecule has 0 fully saturated rings. The summed E-state index contributed by atoms with van der Waals surface area (Å²) in [5.41, 5.74) is 6.82. The molecular weight excluding hydrogens is 301 g/mol. The van der Waals surface area contributed by atoms with Crippen LogP contribution in [0.4, 0.5) is 4.39 Å². The van der Waals surface area contributed by atoms with Crippen molar-refractivity contribution in [3.63, 3.8) is 0 Å². The third-order valence-electron chi connectivity index (χ3n) is 3.27. The summed E-state index contributed by atoms with van der Waals surface area (Å²) < 4.78 is 19.1. The molecule has 0 saturated heterocycles. The molecule has 116 valence electrons. The van der Waals surface area contributed by atoms with Crippen molar-refractivity contribution < 1.29 is 13.6 Å². The molecule has 0 radical (unpaired) electrons. The first kappa shape index (κ1) is 14.7. The molecule has 7 heteroatoms. The van der Waals surface area contributed by atoms with Crippen molar-refractivity contribution in [2.45, 2.75) is 6.54 Å². The molecule has 6 nitrogen and oxygen atoms in total. The van der Waals surface area contributed by atoms with Gasteiger partial charge >= 0.3 is 5.76 Å². The molecule has 3 aromatic rings. The first-order chi connectivity index (χ1) is 11.0.